The number of hydrogen-bond acceptors (Lipinski definition) is 2. The Labute approximate surface area is 98.8 Å². The summed E-state index contributed by atoms with van der Waals surface area (Å²) in [4.78, 5) is 11.5. The predicted molar refractivity (Wildman–Crippen MR) is 64.2 cm³/mol. The SMILES string of the molecule is COC(=O)c1cc(C(C)(C)C)ccc1Br. The second-order valence-electron chi connectivity index (χ2n) is 4.44. The van der Waals surface area contributed by atoms with E-state index in [1.165, 1.54) is 7.11 Å². The molecule has 0 spiro atoms. The van der Waals surface area contributed by atoms with E-state index in [9.17, 15) is 4.79 Å². The van der Waals surface area contributed by atoms with E-state index in [4.69, 9.17) is 4.74 Å². The Balaban J connectivity index is 3.23. The van der Waals surface area contributed by atoms with Gasteiger partial charge in [0.15, 0.2) is 0 Å². The van der Waals surface area contributed by atoms with Gasteiger partial charge in [0, 0.05) is 4.47 Å². The number of halogens is 1. The summed E-state index contributed by atoms with van der Waals surface area (Å²) < 4.78 is 5.48. The predicted octanol–water partition coefficient (Wildman–Crippen LogP) is 3.53. The van der Waals surface area contributed by atoms with Crippen LogP contribution < -0.4 is 0 Å². The molecule has 0 amide bonds. The Bertz CT molecular complexity index is 378. The summed E-state index contributed by atoms with van der Waals surface area (Å²) in [5.74, 6) is -0.312. The molecular weight excluding hydrogens is 256 g/mol. The second-order valence-corrected chi connectivity index (χ2v) is 5.29. The number of methoxy groups -OCH3 is 1. The summed E-state index contributed by atoms with van der Waals surface area (Å²) in [6, 6.07) is 5.76. The third kappa shape index (κ3) is 2.81. The molecule has 15 heavy (non-hydrogen) atoms. The van der Waals surface area contributed by atoms with E-state index in [2.05, 4.69) is 36.7 Å². The number of esters is 1. The average molecular weight is 271 g/mol. The third-order valence-electron chi connectivity index (χ3n) is 2.24. The lowest BCUT2D eigenvalue weighted by molar-refractivity contribution is 0.0599. The summed E-state index contributed by atoms with van der Waals surface area (Å²) in [6.45, 7) is 6.33. The van der Waals surface area contributed by atoms with Crippen molar-refractivity contribution in [3.63, 3.8) is 0 Å². The summed E-state index contributed by atoms with van der Waals surface area (Å²) in [6.07, 6.45) is 0. The van der Waals surface area contributed by atoms with Gasteiger partial charge in [-0.3, -0.25) is 0 Å². The largest absolute Gasteiger partial charge is 0.465 e. The zero-order chi connectivity index (χ0) is 11.6. The molecule has 0 aliphatic rings. The van der Waals surface area contributed by atoms with Crippen molar-refractivity contribution in [3.8, 4) is 0 Å². The molecule has 3 heteroatoms. The van der Waals surface area contributed by atoms with Crippen LogP contribution in [0.2, 0.25) is 0 Å². The summed E-state index contributed by atoms with van der Waals surface area (Å²) in [5.41, 5.74) is 1.72. The van der Waals surface area contributed by atoms with Crippen molar-refractivity contribution in [1.82, 2.24) is 0 Å². The zero-order valence-electron chi connectivity index (χ0n) is 9.43. The highest BCUT2D eigenvalue weighted by Crippen LogP contribution is 2.27. The van der Waals surface area contributed by atoms with Gasteiger partial charge in [-0.1, -0.05) is 26.8 Å². The van der Waals surface area contributed by atoms with Crippen LogP contribution in [0.3, 0.4) is 0 Å². The van der Waals surface area contributed by atoms with Crippen LogP contribution in [0.4, 0.5) is 0 Å². The Morgan fingerprint density at radius 2 is 1.93 bits per heavy atom. The van der Waals surface area contributed by atoms with Gasteiger partial charge in [-0.2, -0.15) is 0 Å². The molecule has 0 unspecified atom stereocenters. The highest BCUT2D eigenvalue weighted by atomic mass is 79.9. The number of rotatable bonds is 1. The van der Waals surface area contributed by atoms with Gasteiger partial charge in [0.25, 0.3) is 0 Å². The van der Waals surface area contributed by atoms with Crippen LogP contribution in [-0.2, 0) is 10.2 Å². The van der Waals surface area contributed by atoms with Gasteiger partial charge in [-0.05, 0) is 39.0 Å². The van der Waals surface area contributed by atoms with Gasteiger partial charge in [0.2, 0.25) is 0 Å². The fourth-order valence-electron chi connectivity index (χ4n) is 1.26. The van der Waals surface area contributed by atoms with E-state index >= 15 is 0 Å². The van der Waals surface area contributed by atoms with Crippen molar-refractivity contribution < 1.29 is 9.53 Å². The van der Waals surface area contributed by atoms with Gasteiger partial charge >= 0.3 is 5.97 Å². The number of hydrogen-bond donors (Lipinski definition) is 0. The fourth-order valence-corrected chi connectivity index (χ4v) is 1.67. The molecule has 1 rings (SSSR count). The van der Waals surface area contributed by atoms with Gasteiger partial charge in [-0.15, -0.1) is 0 Å². The van der Waals surface area contributed by atoms with E-state index < -0.39 is 0 Å². The van der Waals surface area contributed by atoms with Crippen molar-refractivity contribution in [3.05, 3.63) is 33.8 Å². The zero-order valence-corrected chi connectivity index (χ0v) is 11.0. The standard InChI is InChI=1S/C12H15BrO2/c1-12(2,3)8-5-6-10(13)9(7-8)11(14)15-4/h5-7H,1-4H3. The molecule has 1 aromatic rings. The summed E-state index contributed by atoms with van der Waals surface area (Å²) in [5, 5.41) is 0. The first-order chi connectivity index (χ1) is 6.86. The van der Waals surface area contributed by atoms with Crippen LogP contribution in [0.5, 0.6) is 0 Å². The molecule has 0 aliphatic heterocycles. The molecule has 0 radical (unpaired) electrons. The molecule has 0 atom stereocenters. The quantitative estimate of drug-likeness (QED) is 0.730. The first-order valence-corrected chi connectivity index (χ1v) is 5.54. The fraction of sp³-hybridized carbons (Fsp3) is 0.417. The van der Waals surface area contributed by atoms with E-state index in [1.807, 2.05) is 18.2 Å². The number of ether oxygens (including phenoxy) is 1. The number of carbonyl (C=O) groups is 1. The highest BCUT2D eigenvalue weighted by Gasteiger charge is 2.17. The van der Waals surface area contributed by atoms with Crippen LogP contribution in [-0.4, -0.2) is 13.1 Å². The molecule has 0 aromatic heterocycles. The third-order valence-corrected chi connectivity index (χ3v) is 2.93. The summed E-state index contributed by atoms with van der Waals surface area (Å²) in [7, 11) is 1.39. The van der Waals surface area contributed by atoms with Gasteiger partial charge in [0.1, 0.15) is 0 Å². The topological polar surface area (TPSA) is 26.3 Å². The molecule has 82 valence electrons. The molecule has 0 fully saturated rings. The minimum atomic E-state index is -0.312. The summed E-state index contributed by atoms with van der Waals surface area (Å²) >= 11 is 3.34. The van der Waals surface area contributed by atoms with Crippen molar-refractivity contribution >= 4 is 21.9 Å². The Morgan fingerprint density at radius 3 is 2.40 bits per heavy atom. The van der Waals surface area contributed by atoms with Crippen molar-refractivity contribution in [2.24, 2.45) is 0 Å². The molecule has 0 N–H and O–H groups in total. The van der Waals surface area contributed by atoms with Gasteiger partial charge in [-0.25, -0.2) is 4.79 Å². The van der Waals surface area contributed by atoms with E-state index in [0.29, 0.717) is 5.56 Å². The molecule has 0 saturated carbocycles. The average Bonchev–Trinajstić information content (AvgIpc) is 2.15. The monoisotopic (exact) mass is 270 g/mol. The van der Waals surface area contributed by atoms with Crippen molar-refractivity contribution in [2.45, 2.75) is 26.2 Å². The van der Waals surface area contributed by atoms with Crippen LogP contribution in [0.1, 0.15) is 36.7 Å². The van der Waals surface area contributed by atoms with Gasteiger partial charge in [0.05, 0.1) is 12.7 Å². The maximum absolute atomic E-state index is 11.5. The number of carbonyl (C=O) groups excluding carboxylic acids is 1. The van der Waals surface area contributed by atoms with E-state index in [1.54, 1.807) is 0 Å². The van der Waals surface area contributed by atoms with Crippen LogP contribution in [0.15, 0.2) is 22.7 Å². The minimum Gasteiger partial charge on any atom is -0.465 e. The van der Waals surface area contributed by atoms with Crippen molar-refractivity contribution in [2.75, 3.05) is 7.11 Å². The first kappa shape index (κ1) is 12.2. The molecular formula is C12H15BrO2. The highest BCUT2D eigenvalue weighted by molar-refractivity contribution is 9.10. The van der Waals surface area contributed by atoms with E-state index in [0.717, 1.165) is 10.0 Å². The maximum Gasteiger partial charge on any atom is 0.339 e. The Kier molecular flexibility index (Phi) is 3.55. The molecule has 0 heterocycles. The Hall–Kier alpha value is -0.830. The molecule has 0 aliphatic carbocycles. The normalized spacial score (nSPS) is 11.3. The smallest absolute Gasteiger partial charge is 0.339 e. The molecule has 1 aromatic carbocycles. The van der Waals surface area contributed by atoms with Crippen LogP contribution in [0, 0.1) is 0 Å². The molecule has 2 nitrogen and oxygen atoms in total. The molecule has 0 bridgehead atoms. The lowest BCUT2D eigenvalue weighted by Gasteiger charge is -2.19. The van der Waals surface area contributed by atoms with Crippen molar-refractivity contribution in [1.29, 1.82) is 0 Å². The van der Waals surface area contributed by atoms with Crippen LogP contribution in [0.25, 0.3) is 0 Å². The Morgan fingerprint density at radius 1 is 1.33 bits per heavy atom. The maximum atomic E-state index is 11.5. The first-order valence-electron chi connectivity index (χ1n) is 4.74. The lowest BCUT2D eigenvalue weighted by Crippen LogP contribution is -2.13. The second kappa shape index (κ2) is 4.35. The van der Waals surface area contributed by atoms with Crippen LogP contribution >= 0.6 is 15.9 Å². The molecule has 0 saturated heterocycles. The van der Waals surface area contributed by atoms with Gasteiger partial charge < -0.3 is 4.74 Å². The van der Waals surface area contributed by atoms with E-state index in [-0.39, 0.29) is 11.4 Å². The number of benzene rings is 1. The lowest BCUT2D eigenvalue weighted by atomic mass is 9.86. The minimum absolute atomic E-state index is 0.0312.